The average molecular weight is 293 g/mol. The monoisotopic (exact) mass is 293 g/mol. The van der Waals surface area contributed by atoms with Crippen molar-refractivity contribution in [2.45, 2.75) is 25.9 Å². The Balaban J connectivity index is 2.06. The first-order valence-corrected chi connectivity index (χ1v) is 6.54. The number of halogens is 3. The van der Waals surface area contributed by atoms with Crippen molar-refractivity contribution in [3.05, 3.63) is 5.01 Å². The van der Waals surface area contributed by atoms with Crippen molar-refractivity contribution in [2.75, 3.05) is 18.0 Å². The summed E-state index contributed by atoms with van der Waals surface area (Å²) in [5, 5.41) is 13.6. The Hall–Kier alpha value is -1.38. The molecule has 9 heteroatoms. The second-order valence-electron chi connectivity index (χ2n) is 4.85. The smallest absolute Gasteiger partial charge is 0.387 e. The second-order valence-corrected chi connectivity index (χ2v) is 5.80. The number of aromatic nitrogens is 2. The Kier molecular flexibility index (Phi) is 3.41. The van der Waals surface area contributed by atoms with Crippen molar-refractivity contribution in [1.29, 1.82) is 5.41 Å². The fourth-order valence-corrected chi connectivity index (χ4v) is 2.68. The first-order chi connectivity index (χ1) is 8.72. The van der Waals surface area contributed by atoms with Gasteiger partial charge in [0, 0.05) is 18.5 Å². The van der Waals surface area contributed by atoms with Crippen LogP contribution in [0.25, 0.3) is 0 Å². The fourth-order valence-electron chi connectivity index (χ4n) is 1.92. The van der Waals surface area contributed by atoms with Gasteiger partial charge >= 0.3 is 6.18 Å². The van der Waals surface area contributed by atoms with Gasteiger partial charge in [-0.05, 0) is 12.8 Å². The lowest BCUT2D eigenvalue weighted by Gasteiger charge is -2.38. The predicted molar refractivity (Wildman–Crippen MR) is 66.4 cm³/mol. The first-order valence-electron chi connectivity index (χ1n) is 5.72. The number of nitrogens with zero attached hydrogens (tertiary/aromatic N) is 3. The zero-order valence-corrected chi connectivity index (χ0v) is 11.1. The van der Waals surface area contributed by atoms with E-state index in [1.54, 1.807) is 4.90 Å². The van der Waals surface area contributed by atoms with E-state index in [1.807, 2.05) is 6.92 Å². The van der Waals surface area contributed by atoms with E-state index < -0.39 is 11.2 Å². The number of amidine groups is 1. The van der Waals surface area contributed by atoms with Crippen LogP contribution in [-0.4, -0.2) is 29.1 Å². The van der Waals surface area contributed by atoms with Crippen LogP contribution < -0.4 is 10.6 Å². The average Bonchev–Trinajstić information content (AvgIpc) is 2.79. The summed E-state index contributed by atoms with van der Waals surface area (Å²) in [6, 6.07) is 0. The second kappa shape index (κ2) is 4.62. The molecule has 19 heavy (non-hydrogen) atoms. The number of piperidine rings is 1. The van der Waals surface area contributed by atoms with Gasteiger partial charge in [0.15, 0.2) is 0 Å². The number of hydrogen-bond donors (Lipinski definition) is 2. The molecule has 5 nitrogen and oxygen atoms in total. The summed E-state index contributed by atoms with van der Waals surface area (Å²) in [6.07, 6.45) is -3.19. The van der Waals surface area contributed by atoms with E-state index in [2.05, 4.69) is 10.2 Å². The summed E-state index contributed by atoms with van der Waals surface area (Å²) in [4.78, 5) is 1.76. The molecule has 0 bridgehead atoms. The van der Waals surface area contributed by atoms with E-state index >= 15 is 0 Å². The van der Waals surface area contributed by atoms with E-state index in [-0.39, 0.29) is 16.4 Å². The zero-order chi connectivity index (χ0) is 14.3. The van der Waals surface area contributed by atoms with E-state index in [0.717, 1.165) is 0 Å². The summed E-state index contributed by atoms with van der Waals surface area (Å²) < 4.78 is 37.3. The van der Waals surface area contributed by atoms with Crippen LogP contribution in [0.2, 0.25) is 0 Å². The Morgan fingerprint density at radius 3 is 2.37 bits per heavy atom. The van der Waals surface area contributed by atoms with Crippen LogP contribution in [0.5, 0.6) is 0 Å². The Morgan fingerprint density at radius 1 is 1.37 bits per heavy atom. The summed E-state index contributed by atoms with van der Waals surface area (Å²) in [5.41, 5.74) is 5.17. The van der Waals surface area contributed by atoms with Gasteiger partial charge in [0.2, 0.25) is 10.1 Å². The number of anilines is 1. The molecule has 0 atom stereocenters. The molecule has 1 aliphatic heterocycles. The van der Waals surface area contributed by atoms with E-state index in [4.69, 9.17) is 11.1 Å². The molecule has 3 N–H and O–H groups in total. The number of nitrogens with one attached hydrogen (secondary N) is 1. The SMILES string of the molecule is CC1(C(=N)N)CCN(c2nnc(C(F)(F)F)s2)CC1. The third-order valence-corrected chi connectivity index (χ3v) is 4.47. The van der Waals surface area contributed by atoms with Gasteiger partial charge in [-0.25, -0.2) is 0 Å². The minimum Gasteiger partial charge on any atom is -0.387 e. The highest BCUT2D eigenvalue weighted by molar-refractivity contribution is 7.15. The summed E-state index contributed by atoms with van der Waals surface area (Å²) in [5.74, 6) is 0.125. The van der Waals surface area contributed by atoms with Crippen LogP contribution in [0.3, 0.4) is 0 Å². The molecule has 1 aliphatic rings. The molecule has 0 aromatic carbocycles. The van der Waals surface area contributed by atoms with Crippen molar-refractivity contribution >= 4 is 22.3 Å². The van der Waals surface area contributed by atoms with Gasteiger partial charge < -0.3 is 10.6 Å². The van der Waals surface area contributed by atoms with Crippen LogP contribution in [0, 0.1) is 10.8 Å². The van der Waals surface area contributed by atoms with Gasteiger partial charge in [-0.3, -0.25) is 5.41 Å². The van der Waals surface area contributed by atoms with Gasteiger partial charge in [0.05, 0.1) is 5.84 Å². The lowest BCUT2D eigenvalue weighted by molar-refractivity contribution is -0.138. The highest BCUT2D eigenvalue weighted by Gasteiger charge is 2.38. The molecule has 1 aromatic heterocycles. The number of hydrogen-bond acceptors (Lipinski definition) is 5. The normalized spacial score (nSPS) is 19.5. The van der Waals surface area contributed by atoms with Crippen molar-refractivity contribution in [1.82, 2.24) is 10.2 Å². The van der Waals surface area contributed by atoms with Gasteiger partial charge in [0.25, 0.3) is 0 Å². The van der Waals surface area contributed by atoms with Gasteiger partial charge in [-0.15, -0.1) is 10.2 Å². The Bertz CT molecular complexity index is 476. The van der Waals surface area contributed by atoms with E-state index in [0.29, 0.717) is 37.3 Å². The molecular weight excluding hydrogens is 279 g/mol. The van der Waals surface area contributed by atoms with E-state index in [1.165, 1.54) is 0 Å². The van der Waals surface area contributed by atoms with E-state index in [9.17, 15) is 13.2 Å². The molecule has 0 aliphatic carbocycles. The minimum absolute atomic E-state index is 0.125. The molecule has 0 spiro atoms. The molecule has 0 saturated carbocycles. The highest BCUT2D eigenvalue weighted by atomic mass is 32.1. The van der Waals surface area contributed by atoms with Gasteiger partial charge in [-0.1, -0.05) is 18.3 Å². The maximum absolute atomic E-state index is 12.4. The standard InChI is InChI=1S/C10H14F3N5S/c1-9(6(14)15)2-4-18(5-3-9)8-17-16-7(19-8)10(11,12)13/h2-5H2,1H3,(H3,14,15). The van der Waals surface area contributed by atoms with Crippen molar-refractivity contribution in [2.24, 2.45) is 11.1 Å². The highest BCUT2D eigenvalue weighted by Crippen LogP contribution is 2.37. The van der Waals surface area contributed by atoms with Crippen molar-refractivity contribution in [3.63, 3.8) is 0 Å². The Morgan fingerprint density at radius 2 is 1.95 bits per heavy atom. The zero-order valence-electron chi connectivity index (χ0n) is 10.3. The molecule has 0 unspecified atom stereocenters. The fraction of sp³-hybridized carbons (Fsp3) is 0.700. The maximum Gasteiger partial charge on any atom is 0.445 e. The number of nitrogens with two attached hydrogens (primary N) is 1. The molecule has 0 radical (unpaired) electrons. The molecule has 2 rings (SSSR count). The van der Waals surface area contributed by atoms with Crippen molar-refractivity contribution < 1.29 is 13.2 Å². The van der Waals surface area contributed by atoms with Crippen molar-refractivity contribution in [3.8, 4) is 0 Å². The van der Waals surface area contributed by atoms with Gasteiger partial charge in [-0.2, -0.15) is 13.2 Å². The summed E-state index contributed by atoms with van der Waals surface area (Å²) >= 11 is 0.549. The minimum atomic E-state index is -4.44. The van der Waals surface area contributed by atoms with Crippen LogP contribution >= 0.6 is 11.3 Å². The third kappa shape index (κ3) is 2.80. The molecule has 0 amide bonds. The molecule has 1 aromatic rings. The lowest BCUT2D eigenvalue weighted by atomic mass is 9.79. The topological polar surface area (TPSA) is 78.9 Å². The summed E-state index contributed by atoms with van der Waals surface area (Å²) in [7, 11) is 0. The van der Waals surface area contributed by atoms with Crippen LogP contribution in [-0.2, 0) is 6.18 Å². The lowest BCUT2D eigenvalue weighted by Crippen LogP contribution is -2.45. The Labute approximate surface area is 112 Å². The third-order valence-electron chi connectivity index (χ3n) is 3.44. The van der Waals surface area contributed by atoms with Gasteiger partial charge in [0.1, 0.15) is 0 Å². The quantitative estimate of drug-likeness (QED) is 0.646. The molecule has 106 valence electrons. The number of rotatable bonds is 2. The molecule has 1 fully saturated rings. The first kappa shape index (κ1) is 14.0. The predicted octanol–water partition coefficient (Wildman–Crippen LogP) is 2.10. The van der Waals surface area contributed by atoms with Crippen LogP contribution in [0.15, 0.2) is 0 Å². The van der Waals surface area contributed by atoms with Crippen LogP contribution in [0.1, 0.15) is 24.8 Å². The van der Waals surface area contributed by atoms with Crippen LogP contribution in [0.4, 0.5) is 18.3 Å². The molecule has 1 saturated heterocycles. The summed E-state index contributed by atoms with van der Waals surface area (Å²) in [6.45, 7) is 2.96. The maximum atomic E-state index is 12.4. The number of alkyl halides is 3. The molecule has 2 heterocycles. The molecular formula is C10H14F3N5S. The largest absolute Gasteiger partial charge is 0.445 e.